The third-order valence-corrected chi connectivity index (χ3v) is 2.19. The normalized spacial score (nSPS) is 10.5. The molecule has 0 bridgehead atoms. The molecule has 0 unspecified atom stereocenters. The molecule has 0 aliphatic carbocycles. The van der Waals surface area contributed by atoms with Crippen LogP contribution in [0.1, 0.15) is 13.3 Å². The maximum absolute atomic E-state index is 11.9. The van der Waals surface area contributed by atoms with Gasteiger partial charge in [-0.15, -0.1) is 0 Å². The zero-order chi connectivity index (χ0) is 12.5. The van der Waals surface area contributed by atoms with Gasteiger partial charge in [0.15, 0.2) is 5.75 Å². The molecule has 0 aliphatic heterocycles. The average Bonchev–Trinajstić information content (AvgIpc) is 2.35. The van der Waals surface area contributed by atoms with E-state index in [0.29, 0.717) is 38.7 Å². The van der Waals surface area contributed by atoms with Crippen LogP contribution in [0.5, 0.6) is 5.75 Å². The SMILES string of the molecule is CCCOc1cccn(CCOCCN)c1=O. The maximum atomic E-state index is 11.9. The number of ether oxygens (including phenoxy) is 2. The molecular formula is C12H20N2O3. The van der Waals surface area contributed by atoms with Crippen molar-refractivity contribution in [1.82, 2.24) is 4.57 Å². The second kappa shape index (κ2) is 7.86. The van der Waals surface area contributed by atoms with E-state index in [1.165, 1.54) is 0 Å². The van der Waals surface area contributed by atoms with Crippen molar-refractivity contribution < 1.29 is 9.47 Å². The van der Waals surface area contributed by atoms with E-state index in [1.54, 1.807) is 22.9 Å². The number of nitrogens with two attached hydrogens (primary N) is 1. The summed E-state index contributed by atoms with van der Waals surface area (Å²) in [5, 5.41) is 0. The molecule has 17 heavy (non-hydrogen) atoms. The summed E-state index contributed by atoms with van der Waals surface area (Å²) in [7, 11) is 0. The first-order chi connectivity index (χ1) is 8.29. The van der Waals surface area contributed by atoms with E-state index in [0.717, 1.165) is 6.42 Å². The van der Waals surface area contributed by atoms with Crippen LogP contribution in [0.3, 0.4) is 0 Å². The van der Waals surface area contributed by atoms with Crippen LogP contribution < -0.4 is 16.0 Å². The molecule has 5 nitrogen and oxygen atoms in total. The van der Waals surface area contributed by atoms with Crippen LogP contribution in [0.4, 0.5) is 0 Å². The Kier molecular flexibility index (Phi) is 6.35. The zero-order valence-corrected chi connectivity index (χ0v) is 10.2. The molecule has 5 heteroatoms. The molecule has 0 fully saturated rings. The minimum atomic E-state index is -0.114. The molecule has 96 valence electrons. The predicted octanol–water partition coefficient (Wildman–Crippen LogP) is 0.612. The molecule has 0 atom stereocenters. The summed E-state index contributed by atoms with van der Waals surface area (Å²) in [6.07, 6.45) is 2.61. The Morgan fingerprint density at radius 1 is 1.35 bits per heavy atom. The largest absolute Gasteiger partial charge is 0.488 e. The summed E-state index contributed by atoms with van der Waals surface area (Å²) in [5.74, 6) is 0.396. The summed E-state index contributed by atoms with van der Waals surface area (Å²) in [6, 6.07) is 3.49. The molecule has 1 aromatic heterocycles. The fourth-order valence-corrected chi connectivity index (χ4v) is 1.36. The highest BCUT2D eigenvalue weighted by Crippen LogP contribution is 2.02. The number of pyridine rings is 1. The molecular weight excluding hydrogens is 220 g/mol. The van der Waals surface area contributed by atoms with Crippen molar-refractivity contribution in [1.29, 1.82) is 0 Å². The van der Waals surface area contributed by atoms with Gasteiger partial charge in [0.25, 0.3) is 5.56 Å². The van der Waals surface area contributed by atoms with Gasteiger partial charge >= 0.3 is 0 Å². The van der Waals surface area contributed by atoms with Crippen LogP contribution in [0.2, 0.25) is 0 Å². The third kappa shape index (κ3) is 4.58. The van der Waals surface area contributed by atoms with Crippen LogP contribution in [-0.4, -0.2) is 30.9 Å². The summed E-state index contributed by atoms with van der Waals surface area (Å²) in [6.45, 7) is 4.57. The van der Waals surface area contributed by atoms with E-state index in [2.05, 4.69) is 0 Å². The van der Waals surface area contributed by atoms with Gasteiger partial charge in [-0.2, -0.15) is 0 Å². The van der Waals surface area contributed by atoms with E-state index in [4.69, 9.17) is 15.2 Å². The molecule has 0 amide bonds. The summed E-state index contributed by atoms with van der Waals surface area (Å²) in [5.41, 5.74) is 5.19. The maximum Gasteiger partial charge on any atom is 0.292 e. The van der Waals surface area contributed by atoms with E-state index in [9.17, 15) is 4.79 Å². The fourth-order valence-electron chi connectivity index (χ4n) is 1.36. The van der Waals surface area contributed by atoms with E-state index in [1.807, 2.05) is 6.92 Å². The van der Waals surface area contributed by atoms with Crippen molar-refractivity contribution in [3.05, 3.63) is 28.7 Å². The van der Waals surface area contributed by atoms with Crippen molar-refractivity contribution >= 4 is 0 Å². The minimum absolute atomic E-state index is 0.114. The number of nitrogens with zero attached hydrogens (tertiary/aromatic N) is 1. The molecule has 0 aromatic carbocycles. The first kappa shape index (κ1) is 13.7. The molecule has 0 aliphatic rings. The highest BCUT2D eigenvalue weighted by Gasteiger charge is 2.03. The van der Waals surface area contributed by atoms with Crippen molar-refractivity contribution in [2.45, 2.75) is 19.9 Å². The standard InChI is InChI=1S/C12H20N2O3/c1-2-8-17-11-4-3-6-14(12(11)15)7-10-16-9-5-13/h3-4,6H,2,5,7-10,13H2,1H3. The fraction of sp³-hybridized carbons (Fsp3) is 0.583. The molecule has 2 N–H and O–H groups in total. The van der Waals surface area contributed by atoms with E-state index in [-0.39, 0.29) is 5.56 Å². The van der Waals surface area contributed by atoms with Crippen LogP contribution in [-0.2, 0) is 11.3 Å². The Balaban J connectivity index is 2.57. The molecule has 1 rings (SSSR count). The van der Waals surface area contributed by atoms with Crippen LogP contribution in [0.25, 0.3) is 0 Å². The third-order valence-electron chi connectivity index (χ3n) is 2.19. The van der Waals surface area contributed by atoms with Gasteiger partial charge in [-0.25, -0.2) is 0 Å². The van der Waals surface area contributed by atoms with Crippen LogP contribution in [0, 0.1) is 0 Å². The van der Waals surface area contributed by atoms with Crippen LogP contribution >= 0.6 is 0 Å². The predicted molar refractivity (Wildman–Crippen MR) is 66.4 cm³/mol. The van der Waals surface area contributed by atoms with Crippen molar-refractivity contribution in [3.63, 3.8) is 0 Å². The van der Waals surface area contributed by atoms with Gasteiger partial charge < -0.3 is 19.8 Å². The number of aromatic nitrogens is 1. The second-order valence-corrected chi connectivity index (χ2v) is 3.62. The molecule has 1 heterocycles. The topological polar surface area (TPSA) is 66.5 Å². The summed E-state index contributed by atoms with van der Waals surface area (Å²) in [4.78, 5) is 11.9. The van der Waals surface area contributed by atoms with Crippen molar-refractivity contribution in [2.24, 2.45) is 5.73 Å². The van der Waals surface area contributed by atoms with Crippen LogP contribution in [0.15, 0.2) is 23.1 Å². The Labute approximate surface area is 101 Å². The minimum Gasteiger partial charge on any atom is -0.488 e. The zero-order valence-electron chi connectivity index (χ0n) is 10.2. The highest BCUT2D eigenvalue weighted by molar-refractivity contribution is 5.17. The number of hydrogen-bond acceptors (Lipinski definition) is 4. The van der Waals surface area contributed by atoms with Gasteiger partial charge in [0.1, 0.15) is 0 Å². The second-order valence-electron chi connectivity index (χ2n) is 3.62. The quantitative estimate of drug-likeness (QED) is 0.676. The summed E-state index contributed by atoms with van der Waals surface area (Å²) < 4.78 is 12.2. The van der Waals surface area contributed by atoms with Gasteiger partial charge in [-0.1, -0.05) is 6.92 Å². The Morgan fingerprint density at radius 3 is 2.88 bits per heavy atom. The average molecular weight is 240 g/mol. The lowest BCUT2D eigenvalue weighted by atomic mass is 10.4. The lowest BCUT2D eigenvalue weighted by Gasteiger charge is -2.09. The van der Waals surface area contributed by atoms with E-state index < -0.39 is 0 Å². The number of hydrogen-bond donors (Lipinski definition) is 1. The van der Waals surface area contributed by atoms with Crippen molar-refractivity contribution in [2.75, 3.05) is 26.4 Å². The number of rotatable bonds is 8. The molecule has 0 saturated heterocycles. The Bertz CT molecular complexity index is 376. The molecule has 0 radical (unpaired) electrons. The van der Waals surface area contributed by atoms with E-state index >= 15 is 0 Å². The lowest BCUT2D eigenvalue weighted by Crippen LogP contribution is -2.24. The van der Waals surface area contributed by atoms with Gasteiger partial charge in [0, 0.05) is 19.3 Å². The van der Waals surface area contributed by atoms with Gasteiger partial charge in [-0.3, -0.25) is 4.79 Å². The smallest absolute Gasteiger partial charge is 0.292 e. The lowest BCUT2D eigenvalue weighted by molar-refractivity contribution is 0.132. The first-order valence-corrected chi connectivity index (χ1v) is 5.89. The molecule has 0 spiro atoms. The first-order valence-electron chi connectivity index (χ1n) is 5.89. The highest BCUT2D eigenvalue weighted by atomic mass is 16.5. The monoisotopic (exact) mass is 240 g/mol. The molecule has 1 aromatic rings. The molecule has 0 saturated carbocycles. The Hall–Kier alpha value is -1.33. The van der Waals surface area contributed by atoms with Gasteiger partial charge in [0.2, 0.25) is 0 Å². The Morgan fingerprint density at radius 2 is 2.18 bits per heavy atom. The van der Waals surface area contributed by atoms with Gasteiger partial charge in [-0.05, 0) is 18.6 Å². The van der Waals surface area contributed by atoms with Gasteiger partial charge in [0.05, 0.1) is 19.8 Å². The summed E-state index contributed by atoms with van der Waals surface area (Å²) >= 11 is 0. The van der Waals surface area contributed by atoms with Crippen molar-refractivity contribution in [3.8, 4) is 5.75 Å².